The largest absolute Gasteiger partial charge is 0.497 e. The molecule has 0 aliphatic heterocycles. The minimum absolute atomic E-state index is 0.0244. The molecule has 1 heterocycles. The van der Waals surface area contributed by atoms with Crippen LogP contribution in [0, 0.1) is 0 Å². The van der Waals surface area contributed by atoms with Crippen molar-refractivity contribution < 1.29 is 22.5 Å². The van der Waals surface area contributed by atoms with Crippen LogP contribution in [0.5, 0.6) is 5.75 Å². The first-order valence-electron chi connectivity index (χ1n) is 6.76. The molecule has 0 radical (unpaired) electrons. The van der Waals surface area contributed by atoms with E-state index in [1.807, 2.05) is 0 Å². The first-order valence-corrected chi connectivity index (χ1v) is 8.41. The van der Waals surface area contributed by atoms with E-state index in [1.165, 1.54) is 13.1 Å². The van der Waals surface area contributed by atoms with E-state index >= 15 is 0 Å². The van der Waals surface area contributed by atoms with E-state index in [-0.39, 0.29) is 18.0 Å². The van der Waals surface area contributed by atoms with Crippen LogP contribution >= 0.6 is 0 Å². The van der Waals surface area contributed by atoms with Crippen molar-refractivity contribution in [2.45, 2.75) is 0 Å². The zero-order valence-electron chi connectivity index (χ0n) is 12.7. The summed E-state index contributed by atoms with van der Waals surface area (Å²) in [6, 6.07) is 8.61. The summed E-state index contributed by atoms with van der Waals surface area (Å²) in [7, 11) is -0.497. The zero-order valence-corrected chi connectivity index (χ0v) is 13.5. The maximum absolute atomic E-state index is 11.9. The second-order valence-corrected chi connectivity index (χ2v) is 6.63. The van der Waals surface area contributed by atoms with Crippen LogP contribution in [0.25, 0.3) is 11.3 Å². The van der Waals surface area contributed by atoms with Crippen LogP contribution in [-0.4, -0.2) is 45.9 Å². The van der Waals surface area contributed by atoms with Gasteiger partial charge in [0, 0.05) is 18.2 Å². The SMILES string of the molecule is CNS(=O)(=O)CCNC(=O)c1cc(-c2cccc(OC)c2)on1. The fourth-order valence-corrected chi connectivity index (χ4v) is 2.36. The average Bonchev–Trinajstić information content (AvgIpc) is 3.05. The summed E-state index contributed by atoms with van der Waals surface area (Å²) < 4.78 is 34.9. The quantitative estimate of drug-likeness (QED) is 0.765. The lowest BCUT2D eigenvalue weighted by molar-refractivity contribution is 0.0947. The van der Waals surface area contributed by atoms with Gasteiger partial charge in [-0.2, -0.15) is 0 Å². The lowest BCUT2D eigenvalue weighted by Crippen LogP contribution is -2.33. The highest BCUT2D eigenvalue weighted by atomic mass is 32.2. The Morgan fingerprint density at radius 2 is 2.13 bits per heavy atom. The van der Waals surface area contributed by atoms with Gasteiger partial charge in [-0.15, -0.1) is 0 Å². The number of ether oxygens (including phenoxy) is 1. The lowest BCUT2D eigenvalue weighted by atomic mass is 10.1. The van der Waals surface area contributed by atoms with E-state index in [0.29, 0.717) is 17.1 Å². The Balaban J connectivity index is 2.02. The Morgan fingerprint density at radius 1 is 1.35 bits per heavy atom. The number of methoxy groups -OCH3 is 1. The van der Waals surface area contributed by atoms with E-state index in [2.05, 4.69) is 15.2 Å². The van der Waals surface area contributed by atoms with Gasteiger partial charge in [0.1, 0.15) is 5.75 Å². The molecule has 1 aromatic heterocycles. The van der Waals surface area contributed by atoms with Gasteiger partial charge in [0.2, 0.25) is 10.0 Å². The van der Waals surface area contributed by atoms with Crippen molar-refractivity contribution in [2.75, 3.05) is 26.5 Å². The molecule has 124 valence electrons. The first-order chi connectivity index (χ1) is 10.9. The number of nitrogens with one attached hydrogen (secondary N) is 2. The van der Waals surface area contributed by atoms with Gasteiger partial charge in [-0.3, -0.25) is 4.79 Å². The van der Waals surface area contributed by atoms with E-state index in [1.54, 1.807) is 31.4 Å². The topological polar surface area (TPSA) is 111 Å². The molecule has 9 heteroatoms. The molecule has 0 aliphatic rings. The zero-order chi connectivity index (χ0) is 16.9. The third-order valence-corrected chi connectivity index (χ3v) is 4.43. The maximum atomic E-state index is 11.9. The lowest BCUT2D eigenvalue weighted by Gasteiger charge is -2.03. The van der Waals surface area contributed by atoms with Gasteiger partial charge in [0.25, 0.3) is 5.91 Å². The number of aromatic nitrogens is 1. The highest BCUT2D eigenvalue weighted by Crippen LogP contribution is 2.24. The summed E-state index contributed by atoms with van der Waals surface area (Å²) in [5.41, 5.74) is 0.790. The molecule has 2 rings (SSSR count). The van der Waals surface area contributed by atoms with E-state index < -0.39 is 15.9 Å². The monoisotopic (exact) mass is 339 g/mol. The molecule has 2 aromatic rings. The van der Waals surface area contributed by atoms with Gasteiger partial charge < -0.3 is 14.6 Å². The van der Waals surface area contributed by atoms with Crippen LogP contribution in [-0.2, 0) is 10.0 Å². The molecule has 0 fully saturated rings. The Morgan fingerprint density at radius 3 is 2.83 bits per heavy atom. The number of nitrogens with zero attached hydrogens (tertiary/aromatic N) is 1. The summed E-state index contributed by atoms with van der Waals surface area (Å²) in [4.78, 5) is 11.9. The predicted molar refractivity (Wildman–Crippen MR) is 83.7 cm³/mol. The molecule has 1 aromatic carbocycles. The second-order valence-electron chi connectivity index (χ2n) is 4.59. The van der Waals surface area contributed by atoms with Gasteiger partial charge in [0.15, 0.2) is 11.5 Å². The third kappa shape index (κ3) is 4.54. The van der Waals surface area contributed by atoms with E-state index in [9.17, 15) is 13.2 Å². The number of hydrogen-bond donors (Lipinski definition) is 2. The van der Waals surface area contributed by atoms with Gasteiger partial charge in [-0.05, 0) is 19.2 Å². The van der Waals surface area contributed by atoms with Crippen LogP contribution in [0.3, 0.4) is 0 Å². The molecule has 0 bridgehead atoms. The average molecular weight is 339 g/mol. The summed E-state index contributed by atoms with van der Waals surface area (Å²) in [6.07, 6.45) is 0. The molecule has 0 saturated carbocycles. The van der Waals surface area contributed by atoms with Crippen molar-refractivity contribution in [3.05, 3.63) is 36.0 Å². The number of carbonyl (C=O) groups is 1. The molecule has 0 atom stereocenters. The summed E-state index contributed by atoms with van der Waals surface area (Å²) in [5.74, 6) is 0.351. The van der Waals surface area contributed by atoms with Crippen LogP contribution in [0.4, 0.5) is 0 Å². The maximum Gasteiger partial charge on any atom is 0.273 e. The molecule has 0 aliphatic carbocycles. The van der Waals surface area contributed by atoms with Crippen molar-refractivity contribution >= 4 is 15.9 Å². The van der Waals surface area contributed by atoms with Crippen molar-refractivity contribution in [3.63, 3.8) is 0 Å². The Labute approximate surface area is 133 Å². The van der Waals surface area contributed by atoms with Crippen molar-refractivity contribution in [1.82, 2.24) is 15.2 Å². The first kappa shape index (κ1) is 17.0. The number of hydrogen-bond acceptors (Lipinski definition) is 6. The van der Waals surface area contributed by atoms with E-state index in [0.717, 1.165) is 0 Å². The molecular formula is C14H17N3O5S. The molecular weight excluding hydrogens is 322 g/mol. The van der Waals surface area contributed by atoms with Gasteiger partial charge in [-0.1, -0.05) is 17.3 Å². The molecule has 0 unspecified atom stereocenters. The minimum atomic E-state index is -3.37. The number of carbonyl (C=O) groups excluding carboxylic acids is 1. The van der Waals surface area contributed by atoms with Gasteiger partial charge in [-0.25, -0.2) is 13.1 Å². The summed E-state index contributed by atoms with van der Waals surface area (Å²) >= 11 is 0. The molecule has 8 nitrogen and oxygen atoms in total. The fourth-order valence-electron chi connectivity index (χ4n) is 1.79. The summed E-state index contributed by atoms with van der Waals surface area (Å²) in [6.45, 7) is -0.0244. The number of sulfonamides is 1. The minimum Gasteiger partial charge on any atom is -0.497 e. The molecule has 0 spiro atoms. The number of benzene rings is 1. The number of amides is 1. The second kappa shape index (κ2) is 7.25. The van der Waals surface area contributed by atoms with Crippen molar-refractivity contribution in [1.29, 1.82) is 0 Å². The Hall–Kier alpha value is -2.39. The van der Waals surface area contributed by atoms with Crippen LogP contribution in [0.1, 0.15) is 10.5 Å². The highest BCUT2D eigenvalue weighted by molar-refractivity contribution is 7.89. The smallest absolute Gasteiger partial charge is 0.273 e. The van der Waals surface area contributed by atoms with Crippen molar-refractivity contribution in [3.8, 4) is 17.1 Å². The molecule has 23 heavy (non-hydrogen) atoms. The normalized spacial score (nSPS) is 11.2. The predicted octanol–water partition coefficient (Wildman–Crippen LogP) is 0.629. The van der Waals surface area contributed by atoms with E-state index in [4.69, 9.17) is 9.26 Å². The Bertz CT molecular complexity index is 785. The molecule has 0 saturated heterocycles. The fraction of sp³-hybridized carbons (Fsp3) is 0.286. The summed E-state index contributed by atoms with van der Waals surface area (Å²) in [5, 5.41) is 6.16. The van der Waals surface area contributed by atoms with Gasteiger partial charge in [0.05, 0.1) is 12.9 Å². The molecule has 2 N–H and O–H groups in total. The third-order valence-electron chi connectivity index (χ3n) is 3.06. The molecule has 1 amide bonds. The van der Waals surface area contributed by atoms with Gasteiger partial charge >= 0.3 is 0 Å². The van der Waals surface area contributed by atoms with Crippen LogP contribution in [0.2, 0.25) is 0 Å². The van der Waals surface area contributed by atoms with Crippen molar-refractivity contribution in [2.24, 2.45) is 0 Å². The standard InChI is InChI=1S/C14H17N3O5S/c1-15-23(19,20)7-6-16-14(18)12-9-13(22-17-12)10-4-3-5-11(8-10)21-2/h3-5,8-9,15H,6-7H2,1-2H3,(H,16,18). The Kier molecular flexibility index (Phi) is 5.35. The number of rotatable bonds is 7. The van der Waals surface area contributed by atoms with Crippen LogP contribution in [0.15, 0.2) is 34.9 Å². The van der Waals surface area contributed by atoms with Crippen LogP contribution < -0.4 is 14.8 Å². The highest BCUT2D eigenvalue weighted by Gasteiger charge is 2.15.